The normalized spacial score (nSPS) is 17.0. The lowest BCUT2D eigenvalue weighted by Crippen LogP contribution is -2.28. The summed E-state index contributed by atoms with van der Waals surface area (Å²) in [6, 6.07) is 14.0. The molecule has 3 rings (SSSR count). The third-order valence-electron chi connectivity index (χ3n) is 3.94. The predicted octanol–water partition coefficient (Wildman–Crippen LogP) is 5.27. The molecule has 2 aromatic rings. The molecule has 0 fully saturated rings. The van der Waals surface area contributed by atoms with Gasteiger partial charge in [-0.2, -0.15) is 0 Å². The maximum Gasteiger partial charge on any atom is 0.357 e. The third kappa shape index (κ3) is 3.25. The zero-order valence-electron chi connectivity index (χ0n) is 14.0. The number of halogens is 1. The minimum atomic E-state index is -3.61. The summed E-state index contributed by atoms with van der Waals surface area (Å²) in [5, 5.41) is 0.489. The monoisotopic (exact) mass is 379 g/mol. The minimum Gasteiger partial charge on any atom is -0.307 e. The molecule has 0 spiro atoms. The van der Waals surface area contributed by atoms with Crippen LogP contribution in [0.1, 0.15) is 35.6 Å². The fourth-order valence-electron chi connectivity index (χ4n) is 3.03. The number of fused-ring (bicyclic) bond motifs is 1. The van der Waals surface area contributed by atoms with Crippen molar-refractivity contribution in [1.29, 1.82) is 0 Å². The van der Waals surface area contributed by atoms with Crippen molar-refractivity contribution in [1.82, 2.24) is 0 Å². The van der Waals surface area contributed by atoms with Crippen LogP contribution in [-0.2, 0) is 13.6 Å². The average molecular weight is 380 g/mol. The van der Waals surface area contributed by atoms with Crippen LogP contribution in [0.3, 0.4) is 0 Å². The Hall–Kier alpha value is -1.65. The Balaban J connectivity index is 2.19. The van der Waals surface area contributed by atoms with E-state index in [4.69, 9.17) is 20.6 Å². The zero-order valence-corrected chi connectivity index (χ0v) is 15.7. The molecule has 1 amide bonds. The molecular weight excluding hydrogens is 361 g/mol. The number of anilines is 1. The fourth-order valence-corrected chi connectivity index (χ4v) is 5.38. The van der Waals surface area contributed by atoms with Gasteiger partial charge in [0, 0.05) is 16.3 Å². The van der Waals surface area contributed by atoms with Crippen molar-refractivity contribution in [2.24, 2.45) is 0 Å². The van der Waals surface area contributed by atoms with Gasteiger partial charge in [-0.15, -0.1) is 0 Å². The van der Waals surface area contributed by atoms with Crippen molar-refractivity contribution in [2.75, 3.05) is 18.1 Å². The molecule has 0 radical (unpaired) electrons. The standard InChI is InChI=1S/C18H19ClNO4P/c1-3-23-25(22,24-4-2)18-16-11-6-5-10-15(16)17(21)20(18)14-9-7-8-13(19)12-14/h5-12,18H,3-4H2,1-2H3. The van der Waals surface area contributed by atoms with E-state index < -0.39 is 13.4 Å². The summed E-state index contributed by atoms with van der Waals surface area (Å²) in [5.41, 5.74) is 1.68. The van der Waals surface area contributed by atoms with Crippen molar-refractivity contribution in [3.63, 3.8) is 0 Å². The van der Waals surface area contributed by atoms with E-state index in [9.17, 15) is 9.36 Å². The summed E-state index contributed by atoms with van der Waals surface area (Å²) in [6.07, 6.45) is 0. The van der Waals surface area contributed by atoms with Crippen molar-refractivity contribution < 1.29 is 18.4 Å². The number of hydrogen-bond donors (Lipinski definition) is 0. The van der Waals surface area contributed by atoms with Gasteiger partial charge < -0.3 is 9.05 Å². The van der Waals surface area contributed by atoms with Crippen molar-refractivity contribution in [3.05, 3.63) is 64.7 Å². The van der Waals surface area contributed by atoms with Gasteiger partial charge in [-0.3, -0.25) is 14.3 Å². The van der Waals surface area contributed by atoms with Crippen LogP contribution in [-0.4, -0.2) is 19.1 Å². The Morgan fingerprint density at radius 1 is 1.08 bits per heavy atom. The highest BCUT2D eigenvalue weighted by Gasteiger charge is 2.50. The van der Waals surface area contributed by atoms with Gasteiger partial charge in [0.1, 0.15) is 0 Å². The van der Waals surface area contributed by atoms with Gasteiger partial charge in [-0.1, -0.05) is 35.9 Å². The van der Waals surface area contributed by atoms with E-state index in [-0.39, 0.29) is 19.1 Å². The van der Waals surface area contributed by atoms with Crippen LogP contribution in [0.2, 0.25) is 5.02 Å². The Kier molecular flexibility index (Phi) is 5.30. The molecule has 1 aliphatic heterocycles. The second kappa shape index (κ2) is 7.30. The van der Waals surface area contributed by atoms with Crippen LogP contribution in [0.15, 0.2) is 48.5 Å². The number of nitrogens with zero attached hydrogens (tertiary/aromatic N) is 1. The van der Waals surface area contributed by atoms with Gasteiger partial charge in [0.15, 0.2) is 5.78 Å². The Bertz CT molecular complexity index is 831. The smallest absolute Gasteiger partial charge is 0.307 e. The molecule has 0 N–H and O–H groups in total. The largest absolute Gasteiger partial charge is 0.357 e. The summed E-state index contributed by atoms with van der Waals surface area (Å²) in [5.74, 6) is -1.09. The molecule has 1 heterocycles. The molecule has 0 aliphatic carbocycles. The fraction of sp³-hybridized carbons (Fsp3) is 0.278. The van der Waals surface area contributed by atoms with E-state index in [0.717, 1.165) is 0 Å². The molecule has 2 aromatic carbocycles. The highest BCUT2D eigenvalue weighted by molar-refractivity contribution is 7.54. The number of benzene rings is 2. The highest BCUT2D eigenvalue weighted by Crippen LogP contribution is 2.65. The van der Waals surface area contributed by atoms with Crippen LogP contribution in [0.5, 0.6) is 0 Å². The average Bonchev–Trinajstić information content (AvgIpc) is 2.89. The second-order valence-electron chi connectivity index (χ2n) is 5.49. The molecule has 25 heavy (non-hydrogen) atoms. The van der Waals surface area contributed by atoms with E-state index in [2.05, 4.69) is 0 Å². The number of rotatable bonds is 6. The van der Waals surface area contributed by atoms with E-state index in [1.54, 1.807) is 56.3 Å². The molecule has 0 aromatic heterocycles. The van der Waals surface area contributed by atoms with Gasteiger partial charge in [-0.05, 0) is 43.7 Å². The molecular formula is C18H19ClNO4P. The number of carbonyl (C=O) groups is 1. The van der Waals surface area contributed by atoms with Crippen LogP contribution >= 0.6 is 19.2 Å². The molecule has 0 saturated heterocycles. The minimum absolute atomic E-state index is 0.216. The first-order valence-corrected chi connectivity index (χ1v) is 10.1. The van der Waals surface area contributed by atoms with Crippen LogP contribution < -0.4 is 4.90 Å². The predicted molar refractivity (Wildman–Crippen MR) is 98.3 cm³/mol. The molecule has 0 saturated carbocycles. The Labute approximate surface area is 152 Å². The maximum atomic E-state index is 13.5. The van der Waals surface area contributed by atoms with Gasteiger partial charge in [0.2, 0.25) is 0 Å². The molecule has 7 heteroatoms. The van der Waals surface area contributed by atoms with E-state index in [0.29, 0.717) is 21.8 Å². The number of hydrogen-bond acceptors (Lipinski definition) is 4. The van der Waals surface area contributed by atoms with E-state index >= 15 is 0 Å². The van der Waals surface area contributed by atoms with Gasteiger partial charge >= 0.3 is 7.60 Å². The summed E-state index contributed by atoms with van der Waals surface area (Å²) in [4.78, 5) is 14.5. The third-order valence-corrected chi connectivity index (χ3v) is 6.52. The second-order valence-corrected chi connectivity index (χ2v) is 8.01. The molecule has 132 valence electrons. The zero-order chi connectivity index (χ0) is 18.0. The number of amides is 1. The lowest BCUT2D eigenvalue weighted by Gasteiger charge is -2.31. The summed E-state index contributed by atoms with van der Waals surface area (Å²) < 4.78 is 24.6. The molecule has 1 unspecified atom stereocenters. The Morgan fingerprint density at radius 3 is 2.40 bits per heavy atom. The SMILES string of the molecule is CCOP(=O)(OCC)C1c2ccccc2C(=O)N1c1cccc(Cl)c1. The van der Waals surface area contributed by atoms with Crippen LogP contribution in [0, 0.1) is 0 Å². The van der Waals surface area contributed by atoms with Gasteiger partial charge in [-0.25, -0.2) is 0 Å². The first-order chi connectivity index (χ1) is 12.0. The lowest BCUT2D eigenvalue weighted by atomic mass is 10.1. The molecule has 5 nitrogen and oxygen atoms in total. The summed E-state index contributed by atoms with van der Waals surface area (Å²) in [6.45, 7) is 3.93. The number of carbonyl (C=O) groups excluding carboxylic acids is 1. The van der Waals surface area contributed by atoms with Gasteiger partial charge in [0.25, 0.3) is 5.91 Å². The summed E-state index contributed by atoms with van der Waals surface area (Å²) >= 11 is 6.10. The summed E-state index contributed by atoms with van der Waals surface area (Å²) in [7, 11) is -3.61. The first-order valence-electron chi connectivity index (χ1n) is 8.08. The Morgan fingerprint density at radius 2 is 1.76 bits per heavy atom. The van der Waals surface area contributed by atoms with Crippen molar-refractivity contribution >= 4 is 30.8 Å². The molecule has 0 bridgehead atoms. The van der Waals surface area contributed by atoms with Gasteiger partial charge in [0.05, 0.1) is 13.2 Å². The maximum absolute atomic E-state index is 13.5. The highest BCUT2D eigenvalue weighted by atomic mass is 35.5. The molecule has 1 atom stereocenters. The molecule has 1 aliphatic rings. The topological polar surface area (TPSA) is 55.8 Å². The van der Waals surface area contributed by atoms with Crippen LogP contribution in [0.25, 0.3) is 0 Å². The van der Waals surface area contributed by atoms with E-state index in [1.807, 2.05) is 6.07 Å². The van der Waals surface area contributed by atoms with Crippen molar-refractivity contribution in [2.45, 2.75) is 19.6 Å². The quantitative estimate of drug-likeness (QED) is 0.642. The van der Waals surface area contributed by atoms with Crippen molar-refractivity contribution in [3.8, 4) is 0 Å². The first kappa shape index (κ1) is 18.2. The van der Waals surface area contributed by atoms with Crippen LogP contribution in [0.4, 0.5) is 5.69 Å². The lowest BCUT2D eigenvalue weighted by molar-refractivity contribution is 0.0990. The van der Waals surface area contributed by atoms with E-state index in [1.165, 1.54) is 4.90 Å².